The first-order valence-electron chi connectivity index (χ1n) is 11.2. The Kier molecular flexibility index (Phi) is 9.65. The van der Waals surface area contributed by atoms with Crippen molar-refractivity contribution in [2.24, 2.45) is 5.41 Å². The quantitative estimate of drug-likeness (QED) is 0.353. The molecule has 2 rings (SSSR count). The molecule has 0 aliphatic carbocycles. The number of benzene rings is 1. The highest BCUT2D eigenvalue weighted by Gasteiger charge is 2.48. The number of aliphatic carboxylic acids is 2. The zero-order chi connectivity index (χ0) is 21.1. The van der Waals surface area contributed by atoms with Gasteiger partial charge in [-0.25, -0.2) is 0 Å². The lowest BCUT2D eigenvalue weighted by atomic mass is 9.78. The van der Waals surface area contributed by atoms with E-state index in [4.69, 9.17) is 0 Å². The average Bonchev–Trinajstić information content (AvgIpc) is 2.71. The monoisotopic (exact) mass is 403 g/mol. The maximum Gasteiger partial charge on any atom is 0.321 e. The third-order valence-corrected chi connectivity index (χ3v) is 6.28. The molecule has 1 aliphatic rings. The average molecular weight is 404 g/mol. The molecule has 1 aromatic rings. The van der Waals surface area contributed by atoms with Crippen LogP contribution in [0.15, 0.2) is 24.3 Å². The Morgan fingerprint density at radius 3 is 1.83 bits per heavy atom. The lowest BCUT2D eigenvalue weighted by molar-refractivity contribution is -0.168. The number of piperidine rings is 1. The number of unbranched alkanes of at least 4 members (excludes halogenated alkanes) is 7. The Balaban J connectivity index is 1.68. The van der Waals surface area contributed by atoms with Crippen molar-refractivity contribution in [2.45, 2.75) is 84.1 Å². The van der Waals surface area contributed by atoms with Crippen LogP contribution in [0.5, 0.6) is 0 Å². The molecule has 1 aliphatic heterocycles. The van der Waals surface area contributed by atoms with Gasteiger partial charge in [0.05, 0.1) is 0 Å². The van der Waals surface area contributed by atoms with Gasteiger partial charge in [-0.05, 0) is 36.8 Å². The summed E-state index contributed by atoms with van der Waals surface area (Å²) in [7, 11) is 0. The van der Waals surface area contributed by atoms with Crippen LogP contribution in [0.25, 0.3) is 0 Å². The van der Waals surface area contributed by atoms with E-state index in [-0.39, 0.29) is 12.8 Å². The van der Waals surface area contributed by atoms with E-state index in [0.29, 0.717) is 13.1 Å². The normalized spacial score (nSPS) is 16.6. The molecule has 29 heavy (non-hydrogen) atoms. The third-order valence-electron chi connectivity index (χ3n) is 6.28. The predicted molar refractivity (Wildman–Crippen MR) is 115 cm³/mol. The molecule has 0 radical (unpaired) electrons. The molecular weight excluding hydrogens is 366 g/mol. The number of aryl methyl sites for hydroxylation is 1. The molecule has 162 valence electrons. The van der Waals surface area contributed by atoms with E-state index in [1.807, 2.05) is 0 Å². The SMILES string of the molecule is CCCCCCCCCCc1ccc(CN2CCC(C(=O)O)(C(=O)O)CC2)cc1. The molecule has 1 saturated heterocycles. The minimum atomic E-state index is -1.61. The number of nitrogens with zero attached hydrogens (tertiary/aromatic N) is 1. The second-order valence-corrected chi connectivity index (χ2v) is 8.51. The summed E-state index contributed by atoms with van der Waals surface area (Å²) in [5, 5.41) is 18.6. The van der Waals surface area contributed by atoms with Gasteiger partial charge in [-0.3, -0.25) is 14.5 Å². The number of carbonyl (C=O) groups is 2. The molecule has 2 N–H and O–H groups in total. The fraction of sp³-hybridized carbons (Fsp3) is 0.667. The second-order valence-electron chi connectivity index (χ2n) is 8.51. The topological polar surface area (TPSA) is 77.8 Å². The standard InChI is InChI=1S/C24H37NO4/c1-2-3-4-5-6-7-8-9-10-20-11-13-21(14-12-20)19-25-17-15-24(16-18-25,22(26)27)23(28)29/h11-14H,2-10,15-19H2,1H3,(H,26,27)(H,28,29). The van der Waals surface area contributed by atoms with Gasteiger partial charge in [-0.15, -0.1) is 0 Å². The molecule has 0 bridgehead atoms. The number of carboxylic acid groups (broad SMARTS) is 2. The molecule has 0 amide bonds. The zero-order valence-electron chi connectivity index (χ0n) is 17.9. The van der Waals surface area contributed by atoms with E-state index in [0.717, 1.165) is 13.0 Å². The molecule has 5 nitrogen and oxygen atoms in total. The highest BCUT2D eigenvalue weighted by molar-refractivity contribution is 5.98. The van der Waals surface area contributed by atoms with Gasteiger partial charge < -0.3 is 10.2 Å². The Morgan fingerprint density at radius 2 is 1.31 bits per heavy atom. The Labute approximate surface area is 175 Å². The Bertz CT molecular complexity index is 617. The number of carboxylic acids is 2. The first-order valence-corrected chi connectivity index (χ1v) is 11.2. The van der Waals surface area contributed by atoms with Crippen molar-refractivity contribution in [3.8, 4) is 0 Å². The summed E-state index contributed by atoms with van der Waals surface area (Å²) in [6.07, 6.45) is 12.1. The highest BCUT2D eigenvalue weighted by atomic mass is 16.4. The molecule has 1 fully saturated rings. The Morgan fingerprint density at radius 1 is 0.828 bits per heavy atom. The van der Waals surface area contributed by atoms with Crippen LogP contribution in [0.3, 0.4) is 0 Å². The molecule has 0 saturated carbocycles. The molecule has 0 atom stereocenters. The van der Waals surface area contributed by atoms with Crippen molar-refractivity contribution < 1.29 is 19.8 Å². The molecule has 1 heterocycles. The van der Waals surface area contributed by atoms with E-state index in [1.54, 1.807) is 0 Å². The lowest BCUT2D eigenvalue weighted by Crippen LogP contribution is -2.48. The smallest absolute Gasteiger partial charge is 0.321 e. The summed E-state index contributed by atoms with van der Waals surface area (Å²) >= 11 is 0. The molecular formula is C24H37NO4. The minimum Gasteiger partial charge on any atom is -0.480 e. The minimum absolute atomic E-state index is 0.161. The van der Waals surface area contributed by atoms with Gasteiger partial charge in [0.2, 0.25) is 0 Å². The van der Waals surface area contributed by atoms with Crippen LogP contribution in [0, 0.1) is 5.41 Å². The molecule has 0 spiro atoms. The van der Waals surface area contributed by atoms with Crippen LogP contribution >= 0.6 is 0 Å². The number of likely N-dealkylation sites (tertiary alicyclic amines) is 1. The highest BCUT2D eigenvalue weighted by Crippen LogP contribution is 2.32. The maximum absolute atomic E-state index is 11.4. The largest absolute Gasteiger partial charge is 0.480 e. The van der Waals surface area contributed by atoms with E-state index < -0.39 is 17.4 Å². The molecule has 1 aromatic carbocycles. The number of hydrogen-bond acceptors (Lipinski definition) is 3. The van der Waals surface area contributed by atoms with Crippen molar-refractivity contribution in [2.75, 3.05) is 13.1 Å². The van der Waals surface area contributed by atoms with Crippen molar-refractivity contribution in [1.29, 1.82) is 0 Å². The molecule has 0 aromatic heterocycles. The van der Waals surface area contributed by atoms with Crippen LogP contribution in [0.4, 0.5) is 0 Å². The van der Waals surface area contributed by atoms with Gasteiger partial charge in [0.15, 0.2) is 5.41 Å². The summed E-state index contributed by atoms with van der Waals surface area (Å²) in [4.78, 5) is 25.0. The summed E-state index contributed by atoms with van der Waals surface area (Å²) in [5.41, 5.74) is 0.952. The maximum atomic E-state index is 11.4. The van der Waals surface area contributed by atoms with E-state index >= 15 is 0 Å². The van der Waals surface area contributed by atoms with Crippen molar-refractivity contribution in [3.63, 3.8) is 0 Å². The lowest BCUT2D eigenvalue weighted by Gasteiger charge is -2.36. The molecule has 5 heteroatoms. The van der Waals surface area contributed by atoms with Gasteiger partial charge in [0, 0.05) is 19.6 Å². The summed E-state index contributed by atoms with van der Waals surface area (Å²) in [6, 6.07) is 8.69. The third kappa shape index (κ3) is 7.14. The summed E-state index contributed by atoms with van der Waals surface area (Å²) < 4.78 is 0. The van der Waals surface area contributed by atoms with Gasteiger partial charge >= 0.3 is 11.9 Å². The second kappa shape index (κ2) is 12.0. The first kappa shape index (κ1) is 23.4. The van der Waals surface area contributed by atoms with Crippen LogP contribution in [-0.2, 0) is 22.6 Å². The fourth-order valence-corrected chi connectivity index (χ4v) is 4.14. The Hall–Kier alpha value is -1.88. The fourth-order valence-electron chi connectivity index (χ4n) is 4.14. The summed E-state index contributed by atoms with van der Waals surface area (Å²) in [5.74, 6) is -2.43. The van der Waals surface area contributed by atoms with E-state index in [9.17, 15) is 19.8 Å². The van der Waals surface area contributed by atoms with Crippen LogP contribution in [0.1, 0.15) is 82.3 Å². The van der Waals surface area contributed by atoms with Crippen LogP contribution < -0.4 is 0 Å². The number of hydrogen-bond donors (Lipinski definition) is 2. The first-order chi connectivity index (χ1) is 14.0. The van der Waals surface area contributed by atoms with Gasteiger partial charge in [0.1, 0.15) is 0 Å². The van der Waals surface area contributed by atoms with E-state index in [2.05, 4.69) is 36.1 Å². The van der Waals surface area contributed by atoms with Crippen molar-refractivity contribution in [1.82, 2.24) is 4.90 Å². The number of rotatable bonds is 13. The van der Waals surface area contributed by atoms with Crippen LogP contribution in [-0.4, -0.2) is 40.1 Å². The van der Waals surface area contributed by atoms with Crippen molar-refractivity contribution in [3.05, 3.63) is 35.4 Å². The van der Waals surface area contributed by atoms with Gasteiger partial charge in [0.25, 0.3) is 0 Å². The van der Waals surface area contributed by atoms with Crippen LogP contribution in [0.2, 0.25) is 0 Å². The van der Waals surface area contributed by atoms with Crippen molar-refractivity contribution >= 4 is 11.9 Å². The van der Waals surface area contributed by atoms with Gasteiger partial charge in [-0.2, -0.15) is 0 Å². The summed E-state index contributed by atoms with van der Waals surface area (Å²) in [6.45, 7) is 3.99. The van der Waals surface area contributed by atoms with Gasteiger partial charge in [-0.1, -0.05) is 76.1 Å². The van der Waals surface area contributed by atoms with E-state index in [1.165, 1.54) is 62.5 Å². The zero-order valence-corrected chi connectivity index (χ0v) is 17.9. The molecule has 0 unspecified atom stereocenters. The predicted octanol–water partition coefficient (Wildman–Crippen LogP) is 5.12.